The van der Waals surface area contributed by atoms with Crippen molar-refractivity contribution < 1.29 is 9.21 Å². The average molecular weight is 220 g/mol. The molecule has 88 valence electrons. The molecule has 0 atom stereocenters. The molecule has 1 heterocycles. The first kappa shape index (κ1) is 12.8. The van der Waals surface area contributed by atoms with Crippen LogP contribution in [0.5, 0.6) is 0 Å². The smallest absolute Gasteiger partial charge is 0.158 e. The van der Waals surface area contributed by atoms with Crippen LogP contribution < -0.4 is 0 Å². The van der Waals surface area contributed by atoms with Gasteiger partial charge in [0.25, 0.3) is 0 Å². The molecule has 0 saturated heterocycles. The quantitative estimate of drug-likeness (QED) is 0.705. The van der Waals surface area contributed by atoms with Crippen LogP contribution in [0, 0.1) is 0 Å². The lowest BCUT2D eigenvalue weighted by atomic mass is 9.84. The number of ketones is 1. The van der Waals surface area contributed by atoms with Gasteiger partial charge in [-0.3, -0.25) is 4.79 Å². The Morgan fingerprint density at radius 3 is 2.69 bits per heavy atom. The summed E-state index contributed by atoms with van der Waals surface area (Å²) in [5, 5.41) is 0. The molecule has 0 fully saturated rings. The van der Waals surface area contributed by atoms with E-state index in [1.807, 2.05) is 32.1 Å². The van der Waals surface area contributed by atoms with E-state index in [4.69, 9.17) is 4.42 Å². The van der Waals surface area contributed by atoms with Gasteiger partial charge in [0, 0.05) is 11.8 Å². The van der Waals surface area contributed by atoms with Crippen molar-refractivity contribution in [2.75, 3.05) is 0 Å². The van der Waals surface area contributed by atoms with Crippen LogP contribution in [-0.4, -0.2) is 5.78 Å². The predicted octanol–water partition coefficient (Wildman–Crippen LogP) is 3.87. The van der Waals surface area contributed by atoms with E-state index in [2.05, 4.69) is 13.8 Å². The maximum absolute atomic E-state index is 11.7. The summed E-state index contributed by atoms with van der Waals surface area (Å²) in [6.07, 6.45) is 4.92. The monoisotopic (exact) mass is 220 g/mol. The molecule has 0 amide bonds. The van der Waals surface area contributed by atoms with Crippen molar-refractivity contribution in [3.63, 3.8) is 0 Å². The molecule has 0 bridgehead atoms. The van der Waals surface area contributed by atoms with Gasteiger partial charge in [-0.1, -0.05) is 19.9 Å². The fourth-order valence-electron chi connectivity index (χ4n) is 1.57. The van der Waals surface area contributed by atoms with E-state index >= 15 is 0 Å². The zero-order chi connectivity index (χ0) is 12.2. The number of Topliss-reactive ketones (excluding diaryl/α,β-unsaturated/α-hetero) is 1. The summed E-state index contributed by atoms with van der Waals surface area (Å²) in [7, 11) is 0. The van der Waals surface area contributed by atoms with E-state index in [0.717, 1.165) is 17.8 Å². The molecule has 1 aromatic rings. The zero-order valence-corrected chi connectivity index (χ0v) is 10.5. The molecule has 0 spiro atoms. The van der Waals surface area contributed by atoms with Crippen LogP contribution in [0.1, 0.15) is 46.3 Å². The van der Waals surface area contributed by atoms with Crippen molar-refractivity contribution in [1.29, 1.82) is 0 Å². The van der Waals surface area contributed by atoms with Gasteiger partial charge in [-0.05, 0) is 38.0 Å². The highest BCUT2D eigenvalue weighted by Gasteiger charge is 2.24. The maximum Gasteiger partial charge on any atom is 0.158 e. The van der Waals surface area contributed by atoms with Gasteiger partial charge in [-0.2, -0.15) is 0 Å². The van der Waals surface area contributed by atoms with Crippen LogP contribution in [0.4, 0.5) is 0 Å². The van der Waals surface area contributed by atoms with Crippen molar-refractivity contribution in [1.82, 2.24) is 0 Å². The molecule has 2 heteroatoms. The minimum absolute atomic E-state index is 0.0762. The second-order valence-electron chi connectivity index (χ2n) is 4.76. The second kappa shape index (κ2) is 5.15. The standard InChI is InChI=1S/C14H20O2/c1-5-11(2)12(15)8-9-14(3,4)13-7-6-10-16-13/h5-7,10H,8-9H2,1-4H3/b11-5+. The summed E-state index contributed by atoms with van der Waals surface area (Å²) in [5.74, 6) is 1.17. The van der Waals surface area contributed by atoms with E-state index in [9.17, 15) is 4.79 Å². The highest BCUT2D eigenvalue weighted by atomic mass is 16.3. The van der Waals surface area contributed by atoms with Gasteiger partial charge in [0.15, 0.2) is 5.78 Å². The summed E-state index contributed by atoms with van der Waals surface area (Å²) in [6, 6.07) is 3.85. The molecule has 0 aromatic carbocycles. The number of carbonyl (C=O) groups is 1. The first-order valence-electron chi connectivity index (χ1n) is 5.67. The van der Waals surface area contributed by atoms with Gasteiger partial charge in [-0.25, -0.2) is 0 Å². The number of allylic oxidation sites excluding steroid dienone is 2. The van der Waals surface area contributed by atoms with Crippen molar-refractivity contribution >= 4 is 5.78 Å². The summed E-state index contributed by atoms with van der Waals surface area (Å²) in [4.78, 5) is 11.7. The van der Waals surface area contributed by atoms with Gasteiger partial charge in [0.05, 0.1) is 6.26 Å². The molecule has 0 unspecified atom stereocenters. The fraction of sp³-hybridized carbons (Fsp3) is 0.500. The van der Waals surface area contributed by atoms with Crippen LogP contribution in [0.2, 0.25) is 0 Å². The normalized spacial score (nSPS) is 12.9. The molecule has 0 saturated carbocycles. The van der Waals surface area contributed by atoms with Crippen LogP contribution in [0.3, 0.4) is 0 Å². The molecule has 0 aliphatic rings. The third kappa shape index (κ3) is 3.09. The number of hydrogen-bond donors (Lipinski definition) is 0. The highest BCUT2D eigenvalue weighted by Crippen LogP contribution is 2.29. The molecule has 0 aliphatic carbocycles. The SMILES string of the molecule is C/C=C(\C)C(=O)CCC(C)(C)c1ccco1. The topological polar surface area (TPSA) is 30.2 Å². The van der Waals surface area contributed by atoms with E-state index < -0.39 is 0 Å². The summed E-state index contributed by atoms with van der Waals surface area (Å²) in [6.45, 7) is 7.96. The minimum atomic E-state index is -0.0762. The largest absolute Gasteiger partial charge is 0.469 e. The third-order valence-corrected chi connectivity index (χ3v) is 3.04. The molecular weight excluding hydrogens is 200 g/mol. The number of furan rings is 1. The molecule has 1 aromatic heterocycles. The van der Waals surface area contributed by atoms with E-state index in [1.54, 1.807) is 6.26 Å². The first-order chi connectivity index (χ1) is 7.47. The predicted molar refractivity (Wildman–Crippen MR) is 65.4 cm³/mol. The van der Waals surface area contributed by atoms with Gasteiger partial charge >= 0.3 is 0 Å². The van der Waals surface area contributed by atoms with Crippen molar-refractivity contribution in [3.05, 3.63) is 35.8 Å². The van der Waals surface area contributed by atoms with E-state index in [1.165, 1.54) is 0 Å². The lowest BCUT2D eigenvalue weighted by molar-refractivity contribution is -0.115. The summed E-state index contributed by atoms with van der Waals surface area (Å²) >= 11 is 0. The maximum atomic E-state index is 11.7. The molecule has 0 aliphatic heterocycles. The van der Waals surface area contributed by atoms with Gasteiger partial charge in [0.1, 0.15) is 5.76 Å². The Hall–Kier alpha value is -1.31. The van der Waals surface area contributed by atoms with Crippen molar-refractivity contribution in [2.45, 2.75) is 46.0 Å². The zero-order valence-electron chi connectivity index (χ0n) is 10.5. The second-order valence-corrected chi connectivity index (χ2v) is 4.76. The lowest BCUT2D eigenvalue weighted by Crippen LogP contribution is -2.18. The summed E-state index contributed by atoms with van der Waals surface area (Å²) in [5.41, 5.74) is 0.767. The van der Waals surface area contributed by atoms with Crippen LogP contribution in [0.15, 0.2) is 34.5 Å². The number of hydrogen-bond acceptors (Lipinski definition) is 2. The van der Waals surface area contributed by atoms with Crippen molar-refractivity contribution in [3.8, 4) is 0 Å². The number of carbonyl (C=O) groups excluding carboxylic acids is 1. The number of rotatable bonds is 5. The summed E-state index contributed by atoms with van der Waals surface area (Å²) < 4.78 is 5.39. The fourth-order valence-corrected chi connectivity index (χ4v) is 1.57. The van der Waals surface area contributed by atoms with E-state index in [0.29, 0.717) is 6.42 Å². The first-order valence-corrected chi connectivity index (χ1v) is 5.67. The van der Waals surface area contributed by atoms with Crippen LogP contribution in [0.25, 0.3) is 0 Å². The minimum Gasteiger partial charge on any atom is -0.469 e. The van der Waals surface area contributed by atoms with Gasteiger partial charge < -0.3 is 4.42 Å². The van der Waals surface area contributed by atoms with Crippen molar-refractivity contribution in [2.24, 2.45) is 0 Å². The Balaban J connectivity index is 2.59. The molecule has 2 nitrogen and oxygen atoms in total. The molecule has 1 rings (SSSR count). The molecule has 0 N–H and O–H groups in total. The molecular formula is C14H20O2. The third-order valence-electron chi connectivity index (χ3n) is 3.04. The van der Waals surface area contributed by atoms with Gasteiger partial charge in [0.2, 0.25) is 0 Å². The lowest BCUT2D eigenvalue weighted by Gasteiger charge is -2.21. The Morgan fingerprint density at radius 1 is 1.50 bits per heavy atom. The molecule has 16 heavy (non-hydrogen) atoms. The van der Waals surface area contributed by atoms with E-state index in [-0.39, 0.29) is 11.2 Å². The van der Waals surface area contributed by atoms with Gasteiger partial charge in [-0.15, -0.1) is 0 Å². The molecule has 0 radical (unpaired) electrons. The Kier molecular flexibility index (Phi) is 4.11. The Morgan fingerprint density at radius 2 is 2.19 bits per heavy atom. The van der Waals surface area contributed by atoms with Crippen LogP contribution >= 0.6 is 0 Å². The average Bonchev–Trinajstić information content (AvgIpc) is 2.78. The van der Waals surface area contributed by atoms with Crippen LogP contribution in [-0.2, 0) is 10.2 Å². The Labute approximate surface area is 97.3 Å². The Bertz CT molecular complexity index is 369. The highest BCUT2D eigenvalue weighted by molar-refractivity contribution is 5.94.